The molecule has 1 aliphatic heterocycles. The number of Topliss-reactive ketones (excluding diaryl/α,β-unsaturated/α-hetero) is 1. The van der Waals surface area contributed by atoms with Crippen LogP contribution >= 0.6 is 0 Å². The number of para-hydroxylation sites is 1. The van der Waals surface area contributed by atoms with E-state index in [4.69, 9.17) is 14.2 Å². The van der Waals surface area contributed by atoms with Crippen LogP contribution in [0.5, 0.6) is 17.2 Å². The van der Waals surface area contributed by atoms with Crippen molar-refractivity contribution in [2.45, 2.75) is 33.2 Å². The van der Waals surface area contributed by atoms with Gasteiger partial charge in [-0.15, -0.1) is 0 Å². The number of hydrogen-bond donors (Lipinski definition) is 1. The van der Waals surface area contributed by atoms with E-state index in [2.05, 4.69) is 0 Å². The first kappa shape index (κ1) is 23.2. The van der Waals surface area contributed by atoms with Crippen molar-refractivity contribution >= 4 is 17.4 Å². The molecule has 0 aliphatic carbocycles. The minimum Gasteiger partial charge on any atom is -0.507 e. The largest absolute Gasteiger partial charge is 0.507 e. The van der Waals surface area contributed by atoms with E-state index in [9.17, 15) is 14.7 Å². The average Bonchev–Trinajstić information content (AvgIpc) is 3.02. The standard InChI is InChI=1S/C25H29NO6/c1-7-11-26-20(16-9-8-10-18(30-4)24(16)32-6)19(22(28)25(26)29)21(27)17-13-14(2)12-15(3)23(17)31-5/h8-10,12-13,20,27H,7,11H2,1-6H3/b21-19+. The first-order valence-corrected chi connectivity index (χ1v) is 10.5. The SMILES string of the molecule is CCCN1C(=O)C(=O)/C(=C(/O)c2cc(C)cc(C)c2OC)C1c1cccc(OC)c1OC. The summed E-state index contributed by atoms with van der Waals surface area (Å²) < 4.78 is 16.5. The van der Waals surface area contributed by atoms with E-state index in [1.54, 1.807) is 24.3 Å². The summed E-state index contributed by atoms with van der Waals surface area (Å²) in [6.07, 6.45) is 0.642. The number of ether oxygens (including phenoxy) is 3. The molecule has 1 fully saturated rings. The molecule has 0 radical (unpaired) electrons. The quantitative estimate of drug-likeness (QED) is 0.396. The summed E-state index contributed by atoms with van der Waals surface area (Å²) in [7, 11) is 4.53. The second-order valence-corrected chi connectivity index (χ2v) is 7.74. The van der Waals surface area contributed by atoms with Crippen LogP contribution in [0.2, 0.25) is 0 Å². The fourth-order valence-electron chi connectivity index (χ4n) is 4.35. The van der Waals surface area contributed by atoms with Crippen LogP contribution in [0.15, 0.2) is 35.9 Å². The summed E-state index contributed by atoms with van der Waals surface area (Å²) in [4.78, 5) is 27.7. The van der Waals surface area contributed by atoms with Gasteiger partial charge < -0.3 is 24.2 Å². The van der Waals surface area contributed by atoms with Crippen LogP contribution in [-0.2, 0) is 9.59 Å². The number of amides is 1. The van der Waals surface area contributed by atoms with Crippen molar-refractivity contribution in [2.24, 2.45) is 0 Å². The Kier molecular flexibility index (Phi) is 6.77. The highest BCUT2D eigenvalue weighted by Gasteiger charge is 2.47. The fourth-order valence-corrected chi connectivity index (χ4v) is 4.35. The lowest BCUT2D eigenvalue weighted by Crippen LogP contribution is -2.30. The van der Waals surface area contributed by atoms with Gasteiger partial charge in [0.05, 0.1) is 38.5 Å². The molecule has 7 nitrogen and oxygen atoms in total. The van der Waals surface area contributed by atoms with Crippen LogP contribution < -0.4 is 14.2 Å². The number of aliphatic hydroxyl groups is 1. The lowest BCUT2D eigenvalue weighted by molar-refractivity contribution is -0.139. The summed E-state index contributed by atoms with van der Waals surface area (Å²) in [6, 6.07) is 8.11. The summed E-state index contributed by atoms with van der Waals surface area (Å²) in [6.45, 7) is 6.02. The molecule has 1 unspecified atom stereocenters. The van der Waals surface area contributed by atoms with E-state index in [1.165, 1.54) is 26.2 Å². The predicted octanol–water partition coefficient (Wildman–Crippen LogP) is 4.16. The van der Waals surface area contributed by atoms with Crippen LogP contribution in [0.4, 0.5) is 0 Å². The zero-order valence-electron chi connectivity index (χ0n) is 19.3. The van der Waals surface area contributed by atoms with Gasteiger partial charge in [0.2, 0.25) is 0 Å². The third kappa shape index (κ3) is 3.79. The number of nitrogens with zero attached hydrogens (tertiary/aromatic N) is 1. The zero-order valence-corrected chi connectivity index (χ0v) is 19.3. The monoisotopic (exact) mass is 439 g/mol. The Morgan fingerprint density at radius 1 is 1.03 bits per heavy atom. The first-order valence-electron chi connectivity index (χ1n) is 10.5. The highest BCUT2D eigenvalue weighted by Crippen LogP contribution is 2.46. The number of carbonyl (C=O) groups is 2. The molecule has 1 saturated heterocycles. The van der Waals surface area contributed by atoms with Crippen LogP contribution in [0.1, 0.15) is 41.6 Å². The van der Waals surface area contributed by atoms with E-state index in [-0.39, 0.29) is 11.3 Å². The minimum absolute atomic E-state index is 0.00157. The van der Waals surface area contributed by atoms with Crippen LogP contribution in [0.3, 0.4) is 0 Å². The molecule has 170 valence electrons. The lowest BCUT2D eigenvalue weighted by Gasteiger charge is -2.27. The van der Waals surface area contributed by atoms with Gasteiger partial charge in [-0.05, 0) is 43.5 Å². The maximum atomic E-state index is 13.2. The van der Waals surface area contributed by atoms with Gasteiger partial charge in [0.1, 0.15) is 11.5 Å². The second kappa shape index (κ2) is 9.34. The smallest absolute Gasteiger partial charge is 0.295 e. The van der Waals surface area contributed by atoms with E-state index in [1.807, 2.05) is 26.8 Å². The van der Waals surface area contributed by atoms with Crippen LogP contribution in [0, 0.1) is 13.8 Å². The van der Waals surface area contributed by atoms with E-state index < -0.39 is 17.7 Å². The summed E-state index contributed by atoms with van der Waals surface area (Å²) >= 11 is 0. The van der Waals surface area contributed by atoms with Crippen molar-refractivity contribution in [3.8, 4) is 17.2 Å². The second-order valence-electron chi connectivity index (χ2n) is 7.74. The summed E-state index contributed by atoms with van der Waals surface area (Å²) in [5.74, 6) is -0.359. The number of methoxy groups -OCH3 is 3. The van der Waals surface area contributed by atoms with Crippen molar-refractivity contribution < 1.29 is 28.9 Å². The number of aliphatic hydroxyl groups excluding tert-OH is 1. The number of rotatable bonds is 7. The molecule has 0 bridgehead atoms. The third-order valence-electron chi connectivity index (χ3n) is 5.61. The van der Waals surface area contributed by atoms with Gasteiger partial charge in [-0.2, -0.15) is 0 Å². The Hall–Kier alpha value is -3.48. The highest BCUT2D eigenvalue weighted by molar-refractivity contribution is 6.46. The van der Waals surface area contributed by atoms with Crippen LogP contribution in [-0.4, -0.2) is 49.6 Å². The molecule has 1 N–H and O–H groups in total. The molecule has 1 aliphatic rings. The van der Waals surface area contributed by atoms with E-state index >= 15 is 0 Å². The van der Waals surface area contributed by atoms with Gasteiger partial charge >= 0.3 is 0 Å². The fraction of sp³-hybridized carbons (Fsp3) is 0.360. The van der Waals surface area contributed by atoms with Crippen molar-refractivity contribution in [3.05, 3.63) is 58.2 Å². The molecule has 0 spiro atoms. The highest BCUT2D eigenvalue weighted by atomic mass is 16.5. The first-order chi connectivity index (χ1) is 15.3. The maximum Gasteiger partial charge on any atom is 0.295 e. The van der Waals surface area contributed by atoms with Crippen molar-refractivity contribution in [3.63, 3.8) is 0 Å². The van der Waals surface area contributed by atoms with Gasteiger partial charge in [0, 0.05) is 12.1 Å². The van der Waals surface area contributed by atoms with Gasteiger partial charge in [-0.3, -0.25) is 9.59 Å². The van der Waals surface area contributed by atoms with Crippen molar-refractivity contribution in [1.82, 2.24) is 4.90 Å². The number of hydrogen-bond acceptors (Lipinski definition) is 6. The normalized spacial score (nSPS) is 17.6. The minimum atomic E-state index is -0.828. The predicted molar refractivity (Wildman–Crippen MR) is 121 cm³/mol. The van der Waals surface area contributed by atoms with Crippen molar-refractivity contribution in [2.75, 3.05) is 27.9 Å². The molecule has 1 atom stereocenters. The van der Waals surface area contributed by atoms with Gasteiger partial charge in [-0.25, -0.2) is 0 Å². The Balaban J connectivity index is 2.36. The van der Waals surface area contributed by atoms with Crippen molar-refractivity contribution in [1.29, 1.82) is 0 Å². The van der Waals surface area contributed by atoms with E-state index in [0.29, 0.717) is 41.3 Å². The summed E-state index contributed by atoms with van der Waals surface area (Å²) in [5, 5.41) is 11.4. The Morgan fingerprint density at radius 3 is 2.31 bits per heavy atom. The number of carbonyl (C=O) groups excluding carboxylic acids is 2. The third-order valence-corrected chi connectivity index (χ3v) is 5.61. The number of likely N-dealkylation sites (tertiary alicyclic amines) is 1. The molecule has 0 aromatic heterocycles. The molecule has 7 heteroatoms. The Labute approximate surface area is 188 Å². The van der Waals surface area contributed by atoms with E-state index in [0.717, 1.165) is 11.1 Å². The average molecular weight is 440 g/mol. The van der Waals surface area contributed by atoms with Gasteiger partial charge in [0.25, 0.3) is 11.7 Å². The molecular weight excluding hydrogens is 410 g/mol. The number of benzene rings is 2. The topological polar surface area (TPSA) is 85.3 Å². The lowest BCUT2D eigenvalue weighted by atomic mass is 9.93. The van der Waals surface area contributed by atoms with Crippen LogP contribution in [0.25, 0.3) is 5.76 Å². The molecule has 1 amide bonds. The van der Waals surface area contributed by atoms with Gasteiger partial charge in [0.15, 0.2) is 11.5 Å². The Morgan fingerprint density at radius 2 is 1.72 bits per heavy atom. The zero-order chi connectivity index (χ0) is 23.6. The number of ketones is 1. The molecule has 3 rings (SSSR count). The molecule has 1 heterocycles. The molecule has 0 saturated carbocycles. The molecule has 32 heavy (non-hydrogen) atoms. The Bertz CT molecular complexity index is 1090. The molecule has 2 aromatic carbocycles. The maximum absolute atomic E-state index is 13.2. The molecular formula is C25H29NO6. The number of aryl methyl sites for hydroxylation is 2. The molecule has 2 aromatic rings. The summed E-state index contributed by atoms with van der Waals surface area (Å²) in [5.41, 5.74) is 2.63. The van der Waals surface area contributed by atoms with Gasteiger partial charge in [-0.1, -0.05) is 25.1 Å².